The quantitative estimate of drug-likeness (QED) is 0.756. The molecule has 2 aliphatic heterocycles. The number of hydrogen-bond donors (Lipinski definition) is 1. The van der Waals surface area contributed by atoms with E-state index in [2.05, 4.69) is 39.8 Å². The molecule has 27 heavy (non-hydrogen) atoms. The maximum absolute atomic E-state index is 9.60. The molecule has 2 heterocycles. The number of hydrogen-bond acceptors (Lipinski definition) is 5. The molecule has 2 saturated heterocycles. The number of benzene rings is 1. The first-order valence-corrected chi connectivity index (χ1v) is 10.7. The highest BCUT2D eigenvalue weighted by Crippen LogP contribution is 2.24. The lowest BCUT2D eigenvalue weighted by atomic mass is 9.99. The number of likely N-dealkylation sites (tertiary alicyclic amines) is 1. The summed E-state index contributed by atoms with van der Waals surface area (Å²) in [5, 5.41) is 9.60. The second kappa shape index (κ2) is 10.4. The minimum Gasteiger partial charge on any atom is -0.497 e. The molecule has 2 aliphatic rings. The molecular formula is C22H37N3O2. The summed E-state index contributed by atoms with van der Waals surface area (Å²) in [5.74, 6) is 0.920. The predicted octanol–water partition coefficient (Wildman–Crippen LogP) is 2.44. The Morgan fingerprint density at radius 2 is 1.96 bits per heavy atom. The lowest BCUT2D eigenvalue weighted by Gasteiger charge is -2.46. The number of aliphatic hydroxyl groups is 1. The number of piperidine rings is 1. The van der Waals surface area contributed by atoms with Gasteiger partial charge in [-0.15, -0.1) is 0 Å². The Labute approximate surface area is 164 Å². The standard InChI is InChI=1S/C22H37N3O2/c1-3-10-23-11-7-20(8-12-23)25-14-13-24(21(18-25)9-15-26)17-19-5-4-6-22(16-19)27-2/h4-6,16,20-21,26H,3,7-15,17-18H2,1-2H3/t21-/m1/s1. The average molecular weight is 376 g/mol. The van der Waals surface area contributed by atoms with Gasteiger partial charge in [0.25, 0.3) is 0 Å². The first kappa shape index (κ1) is 20.6. The van der Waals surface area contributed by atoms with Gasteiger partial charge in [0.2, 0.25) is 0 Å². The molecule has 1 aromatic rings. The SMILES string of the molecule is CCCN1CCC(N2CCN(Cc3cccc(OC)c3)[C@H](CCO)C2)CC1. The lowest BCUT2D eigenvalue weighted by Crippen LogP contribution is -2.57. The van der Waals surface area contributed by atoms with Crippen molar-refractivity contribution in [3.63, 3.8) is 0 Å². The van der Waals surface area contributed by atoms with E-state index in [0.717, 1.165) is 44.4 Å². The molecule has 2 fully saturated rings. The van der Waals surface area contributed by atoms with Crippen molar-refractivity contribution in [3.05, 3.63) is 29.8 Å². The van der Waals surface area contributed by atoms with Crippen LogP contribution in [-0.4, -0.2) is 84.9 Å². The molecule has 0 spiro atoms. The Hall–Kier alpha value is -1.14. The highest BCUT2D eigenvalue weighted by atomic mass is 16.5. The lowest BCUT2D eigenvalue weighted by molar-refractivity contribution is 0.0131. The van der Waals surface area contributed by atoms with E-state index in [0.29, 0.717) is 6.04 Å². The zero-order valence-corrected chi connectivity index (χ0v) is 17.1. The van der Waals surface area contributed by atoms with Crippen molar-refractivity contribution >= 4 is 0 Å². The summed E-state index contributed by atoms with van der Waals surface area (Å²) in [7, 11) is 1.72. The van der Waals surface area contributed by atoms with Gasteiger partial charge in [-0.05, 0) is 63.0 Å². The average Bonchev–Trinajstić information content (AvgIpc) is 2.70. The first-order valence-electron chi connectivity index (χ1n) is 10.7. The molecule has 0 aliphatic carbocycles. The third-order valence-corrected chi connectivity index (χ3v) is 6.23. The molecule has 0 unspecified atom stereocenters. The smallest absolute Gasteiger partial charge is 0.119 e. The van der Waals surface area contributed by atoms with Crippen molar-refractivity contribution < 1.29 is 9.84 Å². The minimum absolute atomic E-state index is 0.266. The van der Waals surface area contributed by atoms with Crippen LogP contribution in [0.25, 0.3) is 0 Å². The second-order valence-corrected chi connectivity index (χ2v) is 8.06. The molecule has 0 aromatic heterocycles. The van der Waals surface area contributed by atoms with E-state index in [1.54, 1.807) is 7.11 Å². The Bertz CT molecular complexity index is 560. The van der Waals surface area contributed by atoms with Gasteiger partial charge in [0, 0.05) is 44.9 Å². The van der Waals surface area contributed by atoms with Crippen LogP contribution in [0.2, 0.25) is 0 Å². The van der Waals surface area contributed by atoms with Gasteiger partial charge in [0.15, 0.2) is 0 Å². The van der Waals surface area contributed by atoms with Crippen LogP contribution >= 0.6 is 0 Å². The molecule has 0 radical (unpaired) electrons. The number of ether oxygens (including phenoxy) is 1. The minimum atomic E-state index is 0.266. The summed E-state index contributed by atoms with van der Waals surface area (Å²) in [4.78, 5) is 7.86. The van der Waals surface area contributed by atoms with E-state index in [1.807, 2.05) is 6.07 Å². The number of rotatable bonds is 8. The molecule has 5 heteroatoms. The summed E-state index contributed by atoms with van der Waals surface area (Å²) in [6.45, 7) is 10.5. The van der Waals surface area contributed by atoms with Crippen molar-refractivity contribution in [2.24, 2.45) is 0 Å². The fourth-order valence-electron chi connectivity index (χ4n) is 4.71. The summed E-state index contributed by atoms with van der Waals surface area (Å²) < 4.78 is 5.37. The van der Waals surface area contributed by atoms with Crippen LogP contribution in [0.4, 0.5) is 0 Å². The molecule has 1 atom stereocenters. The monoisotopic (exact) mass is 375 g/mol. The molecular weight excluding hydrogens is 338 g/mol. The number of nitrogens with zero attached hydrogens (tertiary/aromatic N) is 3. The topological polar surface area (TPSA) is 39.2 Å². The van der Waals surface area contributed by atoms with E-state index >= 15 is 0 Å². The van der Waals surface area contributed by atoms with E-state index in [-0.39, 0.29) is 6.61 Å². The Kier molecular flexibility index (Phi) is 7.94. The summed E-state index contributed by atoms with van der Waals surface area (Å²) >= 11 is 0. The summed E-state index contributed by atoms with van der Waals surface area (Å²) in [6.07, 6.45) is 4.70. The van der Waals surface area contributed by atoms with Crippen LogP contribution < -0.4 is 4.74 Å². The van der Waals surface area contributed by atoms with Gasteiger partial charge in [-0.25, -0.2) is 0 Å². The summed E-state index contributed by atoms with van der Waals surface area (Å²) in [6, 6.07) is 9.52. The Balaban J connectivity index is 1.56. The van der Waals surface area contributed by atoms with Gasteiger partial charge in [-0.3, -0.25) is 9.80 Å². The van der Waals surface area contributed by atoms with Crippen LogP contribution in [0.3, 0.4) is 0 Å². The van der Waals surface area contributed by atoms with Gasteiger partial charge in [0.05, 0.1) is 7.11 Å². The number of aliphatic hydroxyl groups excluding tert-OH is 1. The van der Waals surface area contributed by atoms with Gasteiger partial charge in [-0.1, -0.05) is 19.1 Å². The normalized spacial score (nSPS) is 23.6. The van der Waals surface area contributed by atoms with Crippen molar-refractivity contribution in [1.29, 1.82) is 0 Å². The van der Waals surface area contributed by atoms with Gasteiger partial charge in [0.1, 0.15) is 5.75 Å². The van der Waals surface area contributed by atoms with E-state index in [9.17, 15) is 5.11 Å². The van der Waals surface area contributed by atoms with Crippen molar-refractivity contribution in [3.8, 4) is 5.75 Å². The fraction of sp³-hybridized carbons (Fsp3) is 0.727. The molecule has 1 N–H and O–H groups in total. The molecule has 152 valence electrons. The highest BCUT2D eigenvalue weighted by molar-refractivity contribution is 5.28. The maximum atomic E-state index is 9.60. The third-order valence-electron chi connectivity index (χ3n) is 6.23. The molecule has 0 saturated carbocycles. The zero-order chi connectivity index (χ0) is 19.1. The Morgan fingerprint density at radius 3 is 2.67 bits per heavy atom. The van der Waals surface area contributed by atoms with E-state index in [4.69, 9.17) is 4.74 Å². The van der Waals surface area contributed by atoms with E-state index in [1.165, 1.54) is 44.5 Å². The van der Waals surface area contributed by atoms with Gasteiger partial charge < -0.3 is 14.7 Å². The van der Waals surface area contributed by atoms with Crippen LogP contribution in [0.5, 0.6) is 5.75 Å². The molecule has 1 aromatic carbocycles. The van der Waals surface area contributed by atoms with E-state index < -0.39 is 0 Å². The molecule has 0 bridgehead atoms. The third kappa shape index (κ3) is 5.67. The van der Waals surface area contributed by atoms with Gasteiger partial charge >= 0.3 is 0 Å². The Morgan fingerprint density at radius 1 is 1.15 bits per heavy atom. The first-order chi connectivity index (χ1) is 13.2. The molecule has 5 nitrogen and oxygen atoms in total. The molecule has 0 amide bonds. The molecule has 3 rings (SSSR count). The number of piperazine rings is 1. The highest BCUT2D eigenvalue weighted by Gasteiger charge is 2.32. The van der Waals surface area contributed by atoms with Crippen LogP contribution in [0.1, 0.15) is 38.2 Å². The van der Waals surface area contributed by atoms with Crippen LogP contribution in [0, 0.1) is 0 Å². The van der Waals surface area contributed by atoms with Crippen LogP contribution in [-0.2, 0) is 6.54 Å². The van der Waals surface area contributed by atoms with Crippen molar-refractivity contribution in [2.45, 2.75) is 51.2 Å². The second-order valence-electron chi connectivity index (χ2n) is 8.06. The van der Waals surface area contributed by atoms with Gasteiger partial charge in [-0.2, -0.15) is 0 Å². The zero-order valence-electron chi connectivity index (χ0n) is 17.1. The largest absolute Gasteiger partial charge is 0.497 e. The predicted molar refractivity (Wildman–Crippen MR) is 110 cm³/mol. The van der Waals surface area contributed by atoms with Crippen molar-refractivity contribution in [1.82, 2.24) is 14.7 Å². The number of methoxy groups -OCH3 is 1. The summed E-state index contributed by atoms with van der Waals surface area (Å²) in [5.41, 5.74) is 1.29. The fourth-order valence-corrected chi connectivity index (χ4v) is 4.71. The van der Waals surface area contributed by atoms with Crippen LogP contribution in [0.15, 0.2) is 24.3 Å². The van der Waals surface area contributed by atoms with Crippen molar-refractivity contribution in [2.75, 3.05) is 53.0 Å². The maximum Gasteiger partial charge on any atom is 0.119 e.